The van der Waals surface area contributed by atoms with Crippen molar-refractivity contribution in [1.82, 2.24) is 5.32 Å². The van der Waals surface area contributed by atoms with Gasteiger partial charge in [-0.15, -0.1) is 0 Å². The van der Waals surface area contributed by atoms with Crippen LogP contribution in [0.2, 0.25) is 0 Å². The van der Waals surface area contributed by atoms with Crippen molar-refractivity contribution in [2.24, 2.45) is 5.14 Å². The van der Waals surface area contributed by atoms with E-state index in [2.05, 4.69) is 21.2 Å². The first kappa shape index (κ1) is 18.1. The van der Waals surface area contributed by atoms with Crippen molar-refractivity contribution in [3.8, 4) is 0 Å². The predicted molar refractivity (Wildman–Crippen MR) is 82.2 cm³/mol. The van der Waals surface area contributed by atoms with Gasteiger partial charge in [0.05, 0.1) is 16.2 Å². The molecule has 3 N–H and O–H groups in total. The minimum Gasteiger partial charge on any atom is -0.352 e. The van der Waals surface area contributed by atoms with E-state index >= 15 is 0 Å². The van der Waals surface area contributed by atoms with Crippen LogP contribution < -0.4 is 10.5 Å². The van der Waals surface area contributed by atoms with Crippen LogP contribution in [0.15, 0.2) is 27.6 Å². The maximum atomic E-state index is 11.9. The number of hydrogen-bond acceptors (Lipinski definition) is 5. The van der Waals surface area contributed by atoms with Crippen LogP contribution in [0.5, 0.6) is 0 Å². The van der Waals surface area contributed by atoms with Crippen LogP contribution in [-0.2, 0) is 19.9 Å². The minimum absolute atomic E-state index is 0.0360. The van der Waals surface area contributed by atoms with Gasteiger partial charge >= 0.3 is 0 Å². The van der Waals surface area contributed by atoms with Crippen LogP contribution in [0.25, 0.3) is 0 Å². The summed E-state index contributed by atoms with van der Waals surface area (Å²) < 4.78 is 44.8. The smallest absolute Gasteiger partial charge is 0.252 e. The Labute approximate surface area is 132 Å². The third kappa shape index (κ3) is 6.12. The van der Waals surface area contributed by atoms with Crippen molar-refractivity contribution in [2.45, 2.75) is 11.3 Å². The number of nitrogens with two attached hydrogens (primary N) is 1. The summed E-state index contributed by atoms with van der Waals surface area (Å²) in [6.45, 7) is 0.165. The van der Waals surface area contributed by atoms with Gasteiger partial charge in [0.15, 0.2) is 0 Å². The number of sulfone groups is 1. The molecule has 0 saturated heterocycles. The number of carbonyl (C=O) groups excluding carboxylic acids is 1. The van der Waals surface area contributed by atoms with Crippen LogP contribution >= 0.6 is 15.9 Å². The lowest BCUT2D eigenvalue weighted by Gasteiger charge is -2.08. The molecule has 0 spiro atoms. The van der Waals surface area contributed by atoms with Gasteiger partial charge in [-0.25, -0.2) is 22.0 Å². The second kappa shape index (κ2) is 6.86. The molecule has 0 aromatic heterocycles. The number of nitrogens with one attached hydrogen (secondary N) is 1. The van der Waals surface area contributed by atoms with Gasteiger partial charge in [-0.3, -0.25) is 4.79 Å². The summed E-state index contributed by atoms with van der Waals surface area (Å²) in [4.78, 5) is 11.8. The summed E-state index contributed by atoms with van der Waals surface area (Å²) in [7, 11) is -6.98. The molecule has 0 fully saturated rings. The molecule has 0 heterocycles. The Kier molecular flexibility index (Phi) is 5.91. The van der Waals surface area contributed by atoms with E-state index in [1.165, 1.54) is 12.1 Å². The van der Waals surface area contributed by atoms with Crippen LogP contribution in [0.3, 0.4) is 0 Å². The van der Waals surface area contributed by atoms with Gasteiger partial charge in [0.2, 0.25) is 10.0 Å². The van der Waals surface area contributed by atoms with Gasteiger partial charge in [0.25, 0.3) is 5.91 Å². The fourth-order valence-corrected chi connectivity index (χ4v) is 3.12. The molecular formula is C11H15BrN2O5S2. The van der Waals surface area contributed by atoms with Gasteiger partial charge in [-0.2, -0.15) is 0 Å². The van der Waals surface area contributed by atoms with Crippen molar-refractivity contribution >= 4 is 41.7 Å². The van der Waals surface area contributed by atoms with Crippen LogP contribution in [0.4, 0.5) is 0 Å². The highest BCUT2D eigenvalue weighted by Crippen LogP contribution is 2.20. The lowest BCUT2D eigenvalue weighted by atomic mass is 10.2. The first-order chi connectivity index (χ1) is 9.50. The zero-order chi connectivity index (χ0) is 16.3. The third-order valence-electron chi connectivity index (χ3n) is 2.49. The molecule has 0 aliphatic carbocycles. The molecule has 0 atom stereocenters. The summed E-state index contributed by atoms with van der Waals surface area (Å²) in [5, 5.41) is 7.53. The first-order valence-electron chi connectivity index (χ1n) is 5.79. The Hall–Kier alpha value is -0.970. The predicted octanol–water partition coefficient (Wildman–Crippen LogP) is 0.261. The normalized spacial score (nSPS) is 12.1. The van der Waals surface area contributed by atoms with E-state index in [4.69, 9.17) is 5.14 Å². The van der Waals surface area contributed by atoms with E-state index < -0.39 is 25.8 Å². The van der Waals surface area contributed by atoms with E-state index in [1.54, 1.807) is 0 Å². The Morgan fingerprint density at radius 3 is 2.43 bits per heavy atom. The van der Waals surface area contributed by atoms with Gasteiger partial charge in [0, 0.05) is 17.3 Å². The quantitative estimate of drug-likeness (QED) is 0.665. The molecule has 1 aromatic carbocycles. The van der Waals surface area contributed by atoms with Crippen molar-refractivity contribution in [1.29, 1.82) is 0 Å². The molecule has 0 bridgehead atoms. The number of sulfonamides is 1. The van der Waals surface area contributed by atoms with E-state index in [9.17, 15) is 21.6 Å². The molecule has 1 rings (SSSR count). The molecule has 1 aromatic rings. The standard InChI is InChI=1S/C11H15BrN2O5S2/c1-20(16,17)6-2-5-14-11(15)9-7-8(21(13,18)19)3-4-10(9)12/h3-4,7H,2,5-6H2,1H3,(H,14,15)(H2,13,18,19). The first-order valence-corrected chi connectivity index (χ1v) is 10.2. The number of carbonyl (C=O) groups is 1. The van der Waals surface area contributed by atoms with Crippen LogP contribution in [0, 0.1) is 0 Å². The monoisotopic (exact) mass is 398 g/mol. The molecular weight excluding hydrogens is 384 g/mol. The third-order valence-corrected chi connectivity index (χ3v) is 5.12. The van der Waals surface area contributed by atoms with E-state index in [1.807, 2.05) is 0 Å². The zero-order valence-electron chi connectivity index (χ0n) is 11.2. The summed E-state index contributed by atoms with van der Waals surface area (Å²) in [6.07, 6.45) is 1.39. The van der Waals surface area contributed by atoms with E-state index in [0.717, 1.165) is 12.3 Å². The lowest BCUT2D eigenvalue weighted by Crippen LogP contribution is -2.26. The minimum atomic E-state index is -3.90. The Balaban J connectivity index is 2.79. The molecule has 0 aliphatic heterocycles. The van der Waals surface area contributed by atoms with Gasteiger partial charge in [-0.05, 0) is 40.5 Å². The van der Waals surface area contributed by atoms with Gasteiger partial charge in [0.1, 0.15) is 9.84 Å². The number of benzene rings is 1. The fourth-order valence-electron chi connectivity index (χ4n) is 1.49. The van der Waals surface area contributed by atoms with Gasteiger partial charge in [-0.1, -0.05) is 0 Å². The average molecular weight is 399 g/mol. The zero-order valence-corrected chi connectivity index (χ0v) is 14.4. The second-order valence-electron chi connectivity index (χ2n) is 4.43. The summed E-state index contributed by atoms with van der Waals surface area (Å²) >= 11 is 3.15. The fraction of sp³-hybridized carbons (Fsp3) is 0.364. The van der Waals surface area contributed by atoms with Crippen molar-refractivity contribution in [2.75, 3.05) is 18.6 Å². The van der Waals surface area contributed by atoms with Crippen LogP contribution in [-0.4, -0.2) is 41.3 Å². The molecule has 0 radical (unpaired) electrons. The molecule has 0 unspecified atom stereocenters. The molecule has 21 heavy (non-hydrogen) atoms. The molecule has 1 amide bonds. The SMILES string of the molecule is CS(=O)(=O)CCCNC(=O)c1cc(S(N)(=O)=O)ccc1Br. The number of amides is 1. The molecule has 0 aliphatic rings. The Bertz CT molecular complexity index is 744. The largest absolute Gasteiger partial charge is 0.352 e. The van der Waals surface area contributed by atoms with E-state index in [0.29, 0.717) is 4.47 Å². The van der Waals surface area contributed by atoms with Crippen LogP contribution in [0.1, 0.15) is 16.8 Å². The highest BCUT2D eigenvalue weighted by Gasteiger charge is 2.15. The number of primary sulfonamides is 1. The summed E-state index contributed by atoms with van der Waals surface area (Å²) in [5.41, 5.74) is 0.112. The highest BCUT2D eigenvalue weighted by atomic mass is 79.9. The molecule has 0 saturated carbocycles. The lowest BCUT2D eigenvalue weighted by molar-refractivity contribution is 0.0952. The number of halogens is 1. The van der Waals surface area contributed by atoms with Crippen molar-refractivity contribution in [3.63, 3.8) is 0 Å². The maximum Gasteiger partial charge on any atom is 0.252 e. The maximum absolute atomic E-state index is 11.9. The van der Waals surface area contributed by atoms with Crippen molar-refractivity contribution in [3.05, 3.63) is 28.2 Å². The van der Waals surface area contributed by atoms with E-state index in [-0.39, 0.29) is 29.2 Å². The number of rotatable bonds is 6. The topological polar surface area (TPSA) is 123 Å². The highest BCUT2D eigenvalue weighted by molar-refractivity contribution is 9.10. The Morgan fingerprint density at radius 2 is 1.90 bits per heavy atom. The average Bonchev–Trinajstić information content (AvgIpc) is 2.32. The second-order valence-corrected chi connectivity index (χ2v) is 9.10. The number of hydrogen-bond donors (Lipinski definition) is 2. The summed E-state index contributed by atoms with van der Waals surface area (Å²) in [6, 6.07) is 3.84. The molecule has 10 heteroatoms. The summed E-state index contributed by atoms with van der Waals surface area (Å²) in [5.74, 6) is -0.549. The Morgan fingerprint density at radius 1 is 1.29 bits per heavy atom. The van der Waals surface area contributed by atoms with Crippen molar-refractivity contribution < 1.29 is 21.6 Å². The molecule has 118 valence electrons. The molecule has 7 nitrogen and oxygen atoms in total. The van der Waals surface area contributed by atoms with Gasteiger partial charge < -0.3 is 5.32 Å².